The molecule has 50 heavy (non-hydrogen) atoms. The molecule has 230 valence electrons. The van der Waals surface area contributed by atoms with Crippen molar-refractivity contribution in [2.24, 2.45) is 0 Å². The number of rotatable bonds is 3. The van der Waals surface area contributed by atoms with Gasteiger partial charge in [0.1, 0.15) is 0 Å². The maximum Gasteiger partial charge on any atom is -0.00141 e. The first kappa shape index (κ1) is 27.5. The van der Waals surface area contributed by atoms with E-state index in [1.54, 1.807) is 0 Å². The fourth-order valence-corrected chi connectivity index (χ4v) is 8.69. The Bertz CT molecular complexity index is 3110. The quantitative estimate of drug-likeness (QED) is 0.135. The molecule has 0 aliphatic heterocycles. The Morgan fingerprint density at radius 3 is 1.54 bits per heavy atom. The van der Waals surface area contributed by atoms with Crippen LogP contribution in [0.5, 0.6) is 0 Å². The lowest BCUT2D eigenvalue weighted by Gasteiger charge is -2.21. The van der Waals surface area contributed by atoms with Crippen molar-refractivity contribution >= 4 is 75.4 Å². The van der Waals surface area contributed by atoms with E-state index < -0.39 is 0 Å². The van der Waals surface area contributed by atoms with Gasteiger partial charge in [0, 0.05) is 0 Å². The third kappa shape index (κ3) is 3.94. The Morgan fingerprint density at radius 1 is 0.220 bits per heavy atom. The van der Waals surface area contributed by atoms with E-state index in [0.717, 1.165) is 0 Å². The standard InChI is InChI=1S/C50H30/c1-2-10-38-30-39(23-18-31(38)8-1)32-16-19-36(20-17-32)48-41-14-5-6-15-42(41)49(45-29-24-33-9-3-4-13-40(33)50(45)48)44-28-26-37-22-21-34-11-7-12-35-25-27-43(44)47(37)46(34)35/h1-30H. The molecule has 0 unspecified atom stereocenters. The number of fused-ring (bicyclic) bond motifs is 5. The van der Waals surface area contributed by atoms with Gasteiger partial charge in [0.05, 0.1) is 0 Å². The van der Waals surface area contributed by atoms with Gasteiger partial charge in [-0.3, -0.25) is 0 Å². The summed E-state index contributed by atoms with van der Waals surface area (Å²) in [5.41, 5.74) is 7.57. The first-order chi connectivity index (χ1) is 24.8. The Balaban J connectivity index is 1.22. The van der Waals surface area contributed by atoms with E-state index in [1.165, 1.54) is 109 Å². The molecule has 0 saturated heterocycles. The highest BCUT2D eigenvalue weighted by molar-refractivity contribution is 6.32. The summed E-state index contributed by atoms with van der Waals surface area (Å²) >= 11 is 0. The van der Waals surface area contributed by atoms with Crippen LogP contribution in [0.3, 0.4) is 0 Å². The normalized spacial score (nSPS) is 12.0. The lowest BCUT2D eigenvalue weighted by molar-refractivity contribution is 1.63. The van der Waals surface area contributed by atoms with Crippen molar-refractivity contribution in [1.29, 1.82) is 0 Å². The Labute approximate surface area is 289 Å². The average molecular weight is 631 g/mol. The van der Waals surface area contributed by atoms with Gasteiger partial charge < -0.3 is 0 Å². The number of hydrogen-bond donors (Lipinski definition) is 0. The van der Waals surface area contributed by atoms with Gasteiger partial charge in [-0.2, -0.15) is 0 Å². The summed E-state index contributed by atoms with van der Waals surface area (Å²) < 4.78 is 0. The van der Waals surface area contributed by atoms with Gasteiger partial charge >= 0.3 is 0 Å². The molecule has 0 aromatic heterocycles. The fourth-order valence-electron chi connectivity index (χ4n) is 8.69. The summed E-state index contributed by atoms with van der Waals surface area (Å²) in [4.78, 5) is 0. The second kappa shape index (κ2) is 10.5. The molecule has 0 bridgehead atoms. The topological polar surface area (TPSA) is 0 Å². The zero-order valence-electron chi connectivity index (χ0n) is 27.3. The van der Waals surface area contributed by atoms with Crippen LogP contribution in [0.15, 0.2) is 182 Å². The van der Waals surface area contributed by atoms with Gasteiger partial charge in [-0.1, -0.05) is 176 Å². The monoisotopic (exact) mass is 630 g/mol. The minimum Gasteiger partial charge on any atom is -0.0616 e. The summed E-state index contributed by atoms with van der Waals surface area (Å²) in [6.07, 6.45) is 0. The zero-order chi connectivity index (χ0) is 32.8. The molecule has 11 aromatic rings. The van der Waals surface area contributed by atoms with Crippen LogP contribution in [-0.4, -0.2) is 0 Å². The van der Waals surface area contributed by atoms with Gasteiger partial charge in [0.25, 0.3) is 0 Å². The molecule has 0 N–H and O–H groups in total. The van der Waals surface area contributed by atoms with E-state index >= 15 is 0 Å². The van der Waals surface area contributed by atoms with Crippen molar-refractivity contribution in [2.45, 2.75) is 0 Å². The maximum absolute atomic E-state index is 2.37. The van der Waals surface area contributed by atoms with E-state index in [1.807, 2.05) is 0 Å². The molecule has 0 nitrogen and oxygen atoms in total. The van der Waals surface area contributed by atoms with Crippen LogP contribution in [-0.2, 0) is 0 Å². The molecule has 11 aromatic carbocycles. The highest BCUT2D eigenvalue weighted by Gasteiger charge is 2.21. The van der Waals surface area contributed by atoms with E-state index in [0.29, 0.717) is 0 Å². The Kier molecular flexibility index (Phi) is 5.76. The summed E-state index contributed by atoms with van der Waals surface area (Å²) in [7, 11) is 0. The summed E-state index contributed by atoms with van der Waals surface area (Å²) in [6.45, 7) is 0. The number of benzene rings is 11. The summed E-state index contributed by atoms with van der Waals surface area (Å²) in [5, 5.41) is 18.1. The average Bonchev–Trinajstić information content (AvgIpc) is 3.19. The van der Waals surface area contributed by atoms with Crippen LogP contribution in [0.4, 0.5) is 0 Å². The second-order valence-electron chi connectivity index (χ2n) is 13.6. The molecule has 0 aliphatic carbocycles. The molecule has 0 atom stereocenters. The SMILES string of the molecule is c1ccc2cc(-c3ccc(-c4c5ccccc5c(-c5ccc6ccc7cccc8ccc5c6c78)c5ccc6ccccc6c45)cc3)ccc2c1. The lowest BCUT2D eigenvalue weighted by Crippen LogP contribution is -1.93. The van der Waals surface area contributed by atoms with Crippen LogP contribution >= 0.6 is 0 Å². The molecule has 0 heterocycles. The van der Waals surface area contributed by atoms with Crippen molar-refractivity contribution in [2.75, 3.05) is 0 Å². The van der Waals surface area contributed by atoms with Crippen molar-refractivity contribution < 1.29 is 0 Å². The van der Waals surface area contributed by atoms with Crippen LogP contribution in [0.25, 0.3) is 109 Å². The van der Waals surface area contributed by atoms with Gasteiger partial charge in [-0.15, -0.1) is 0 Å². The lowest BCUT2D eigenvalue weighted by atomic mass is 9.82. The van der Waals surface area contributed by atoms with Gasteiger partial charge in [0.2, 0.25) is 0 Å². The van der Waals surface area contributed by atoms with Crippen molar-refractivity contribution in [3.63, 3.8) is 0 Å². The van der Waals surface area contributed by atoms with Gasteiger partial charge in [-0.25, -0.2) is 0 Å². The van der Waals surface area contributed by atoms with E-state index in [-0.39, 0.29) is 0 Å². The Hall–Kier alpha value is -6.50. The van der Waals surface area contributed by atoms with Crippen LogP contribution in [0.1, 0.15) is 0 Å². The third-order valence-electron chi connectivity index (χ3n) is 11.0. The van der Waals surface area contributed by atoms with E-state index in [4.69, 9.17) is 0 Å². The Morgan fingerprint density at radius 2 is 0.740 bits per heavy atom. The third-order valence-corrected chi connectivity index (χ3v) is 11.0. The molecular formula is C50H30. The molecular weight excluding hydrogens is 601 g/mol. The predicted octanol–water partition coefficient (Wildman–Crippen LogP) is 14.2. The van der Waals surface area contributed by atoms with Crippen molar-refractivity contribution in [1.82, 2.24) is 0 Å². The smallest absolute Gasteiger partial charge is 0.00141 e. The maximum atomic E-state index is 2.37. The molecule has 0 radical (unpaired) electrons. The first-order valence-electron chi connectivity index (χ1n) is 17.4. The highest BCUT2D eigenvalue weighted by Crippen LogP contribution is 2.49. The molecule has 0 fully saturated rings. The minimum absolute atomic E-state index is 1.23. The summed E-state index contributed by atoms with van der Waals surface area (Å²) in [6, 6.07) is 67.7. The van der Waals surface area contributed by atoms with E-state index in [9.17, 15) is 0 Å². The predicted molar refractivity (Wildman–Crippen MR) is 216 cm³/mol. The van der Waals surface area contributed by atoms with Gasteiger partial charge in [-0.05, 0) is 115 Å². The van der Waals surface area contributed by atoms with E-state index in [2.05, 4.69) is 182 Å². The summed E-state index contributed by atoms with van der Waals surface area (Å²) in [5.74, 6) is 0. The molecule has 0 saturated carbocycles. The van der Waals surface area contributed by atoms with Crippen LogP contribution in [0, 0.1) is 0 Å². The van der Waals surface area contributed by atoms with Crippen molar-refractivity contribution in [3.05, 3.63) is 182 Å². The highest BCUT2D eigenvalue weighted by atomic mass is 14.2. The fraction of sp³-hybridized carbons (Fsp3) is 0. The molecule has 0 amide bonds. The molecule has 11 rings (SSSR count). The second-order valence-corrected chi connectivity index (χ2v) is 13.6. The van der Waals surface area contributed by atoms with Crippen molar-refractivity contribution in [3.8, 4) is 33.4 Å². The van der Waals surface area contributed by atoms with Crippen LogP contribution < -0.4 is 0 Å². The number of hydrogen-bond acceptors (Lipinski definition) is 0. The zero-order valence-corrected chi connectivity index (χ0v) is 27.3. The van der Waals surface area contributed by atoms with Gasteiger partial charge in [0.15, 0.2) is 0 Å². The largest absolute Gasteiger partial charge is 0.0616 e. The molecule has 0 aliphatic rings. The molecule has 0 spiro atoms. The minimum atomic E-state index is 1.23. The molecule has 0 heteroatoms. The van der Waals surface area contributed by atoms with Crippen LogP contribution in [0.2, 0.25) is 0 Å². The first-order valence-corrected chi connectivity index (χ1v) is 17.4.